The number of fused-ring (bicyclic) bond motifs is 1. The van der Waals surface area contributed by atoms with E-state index in [-0.39, 0.29) is 39.3 Å². The minimum Gasteiger partial charge on any atom is -0.352 e. The second-order valence-electron chi connectivity index (χ2n) is 8.78. The molecule has 0 saturated carbocycles. The maximum atomic E-state index is 14.2. The summed E-state index contributed by atoms with van der Waals surface area (Å²) in [4.78, 5) is 26.2. The summed E-state index contributed by atoms with van der Waals surface area (Å²) in [7, 11) is -4.29. The van der Waals surface area contributed by atoms with E-state index in [0.29, 0.717) is 11.1 Å². The summed E-state index contributed by atoms with van der Waals surface area (Å²) in [5.74, 6) is -1.11. The van der Waals surface area contributed by atoms with E-state index >= 15 is 0 Å². The first-order valence-electron chi connectivity index (χ1n) is 11.2. The van der Waals surface area contributed by atoms with Crippen molar-refractivity contribution in [1.82, 2.24) is 5.32 Å². The number of nitrogens with zero attached hydrogens (tertiary/aromatic N) is 1. The molecule has 7 nitrogen and oxygen atoms in total. The molecule has 1 heterocycles. The Hall–Kier alpha value is -3.07. The van der Waals surface area contributed by atoms with Crippen LogP contribution in [0, 0.1) is 20.8 Å². The van der Waals surface area contributed by atoms with E-state index in [1.807, 2.05) is 37.3 Å². The normalized spacial score (nSPS) is 15.3. The molecule has 1 aliphatic heterocycles. The van der Waals surface area contributed by atoms with Crippen molar-refractivity contribution in [3.05, 3.63) is 86.9 Å². The predicted molar refractivity (Wildman–Crippen MR) is 142 cm³/mol. The van der Waals surface area contributed by atoms with Gasteiger partial charge in [0, 0.05) is 6.54 Å². The van der Waals surface area contributed by atoms with E-state index in [9.17, 15) is 18.0 Å². The second kappa shape index (κ2) is 10.1. The molecule has 0 saturated heterocycles. The molecule has 4 rings (SSSR count). The van der Waals surface area contributed by atoms with Crippen LogP contribution in [0.25, 0.3) is 0 Å². The van der Waals surface area contributed by atoms with Crippen LogP contribution in [0.2, 0.25) is 10.0 Å². The van der Waals surface area contributed by atoms with Crippen LogP contribution in [0.15, 0.2) is 59.5 Å². The van der Waals surface area contributed by atoms with Crippen molar-refractivity contribution in [3.63, 3.8) is 0 Å². The minimum atomic E-state index is -4.29. The Balaban J connectivity index is 1.77. The Morgan fingerprint density at radius 2 is 1.61 bits per heavy atom. The van der Waals surface area contributed by atoms with Crippen LogP contribution < -0.4 is 14.9 Å². The number of amides is 2. The number of carbonyl (C=O) groups excluding carboxylic acids is 2. The Bertz CT molecular complexity index is 1440. The van der Waals surface area contributed by atoms with Crippen molar-refractivity contribution in [2.45, 2.75) is 44.7 Å². The maximum Gasteiger partial charge on any atom is 0.265 e. The number of nitrogens with one attached hydrogen (secondary N) is 2. The Kier molecular flexibility index (Phi) is 7.31. The molecule has 0 fully saturated rings. The number of anilines is 2. The summed E-state index contributed by atoms with van der Waals surface area (Å²) in [5.41, 5.74) is 3.19. The molecular weight excluding hydrogens is 521 g/mol. The Morgan fingerprint density at radius 3 is 2.25 bits per heavy atom. The number of halogens is 2. The van der Waals surface area contributed by atoms with Gasteiger partial charge in [-0.2, -0.15) is 0 Å². The topological polar surface area (TPSA) is 95.6 Å². The van der Waals surface area contributed by atoms with Crippen LogP contribution in [-0.4, -0.2) is 26.3 Å². The molecule has 188 valence electrons. The molecular formula is C26H25Cl2N3O4S. The summed E-state index contributed by atoms with van der Waals surface area (Å²) in [6.45, 7) is 5.53. The second-order valence-corrected chi connectivity index (χ2v) is 11.3. The lowest BCUT2D eigenvalue weighted by Gasteiger charge is -2.37. The molecule has 0 aliphatic carbocycles. The van der Waals surface area contributed by atoms with Gasteiger partial charge < -0.3 is 10.6 Å². The third kappa shape index (κ3) is 5.07. The fourth-order valence-electron chi connectivity index (χ4n) is 4.50. The van der Waals surface area contributed by atoms with Crippen LogP contribution in [0.1, 0.15) is 28.7 Å². The van der Waals surface area contributed by atoms with E-state index in [1.165, 1.54) is 12.1 Å². The van der Waals surface area contributed by atoms with E-state index in [2.05, 4.69) is 10.6 Å². The first kappa shape index (κ1) is 26.0. The molecule has 2 N–H and O–H groups in total. The van der Waals surface area contributed by atoms with Crippen molar-refractivity contribution in [1.29, 1.82) is 0 Å². The van der Waals surface area contributed by atoms with Crippen molar-refractivity contribution in [2.75, 3.05) is 9.62 Å². The van der Waals surface area contributed by atoms with Gasteiger partial charge >= 0.3 is 0 Å². The first-order chi connectivity index (χ1) is 17.0. The molecule has 0 radical (unpaired) electrons. The van der Waals surface area contributed by atoms with Gasteiger partial charge in [0.1, 0.15) is 6.04 Å². The minimum absolute atomic E-state index is 0.0783. The zero-order valence-electron chi connectivity index (χ0n) is 19.9. The van der Waals surface area contributed by atoms with Gasteiger partial charge in [-0.15, -0.1) is 0 Å². The number of benzene rings is 3. The highest BCUT2D eigenvalue weighted by Gasteiger charge is 2.43. The fourth-order valence-corrected chi connectivity index (χ4v) is 6.86. The van der Waals surface area contributed by atoms with E-state index in [1.54, 1.807) is 26.0 Å². The molecule has 1 atom stereocenters. The summed E-state index contributed by atoms with van der Waals surface area (Å²) < 4.78 is 29.3. The van der Waals surface area contributed by atoms with Gasteiger partial charge in [-0.1, -0.05) is 71.2 Å². The molecule has 3 aromatic carbocycles. The monoisotopic (exact) mass is 545 g/mol. The third-order valence-electron chi connectivity index (χ3n) is 5.95. The van der Waals surface area contributed by atoms with Gasteiger partial charge in [0.05, 0.1) is 32.7 Å². The average Bonchev–Trinajstić information content (AvgIpc) is 2.79. The summed E-state index contributed by atoms with van der Waals surface area (Å²) >= 11 is 12.4. The zero-order valence-corrected chi connectivity index (χ0v) is 22.3. The molecule has 0 bridgehead atoms. The fraction of sp³-hybridized carbons (Fsp3) is 0.231. The quantitative estimate of drug-likeness (QED) is 0.448. The van der Waals surface area contributed by atoms with E-state index < -0.39 is 27.9 Å². The first-order valence-corrected chi connectivity index (χ1v) is 13.4. The van der Waals surface area contributed by atoms with Crippen LogP contribution in [0.4, 0.5) is 11.4 Å². The van der Waals surface area contributed by atoms with Crippen LogP contribution in [-0.2, 0) is 26.2 Å². The highest BCUT2D eigenvalue weighted by Crippen LogP contribution is 2.42. The molecule has 3 aromatic rings. The summed E-state index contributed by atoms with van der Waals surface area (Å²) in [5, 5.41) is 5.73. The standard InChI is InChI=1S/C26H25Cl2N3O4S/c1-15-9-16(2)25(17(3)10-15)36(34,35)31-22-12-20(28)19(27)11-21(22)30-26(33)23(31)13-24(32)29-14-18-7-5-4-6-8-18/h4-12,23H,13-14H2,1-3H3,(H,29,32)(H,30,33)/t23-/m1/s1. The van der Waals surface area contributed by atoms with Crippen molar-refractivity contribution < 1.29 is 18.0 Å². The number of sulfonamides is 1. The number of aryl methyl sites for hydroxylation is 3. The van der Waals surface area contributed by atoms with Crippen LogP contribution >= 0.6 is 23.2 Å². The molecule has 36 heavy (non-hydrogen) atoms. The average molecular weight is 546 g/mol. The Morgan fingerprint density at radius 1 is 1.00 bits per heavy atom. The van der Waals surface area contributed by atoms with Crippen LogP contribution in [0.3, 0.4) is 0 Å². The molecule has 0 spiro atoms. The van der Waals surface area contributed by atoms with Gasteiger partial charge in [-0.05, 0) is 49.6 Å². The highest BCUT2D eigenvalue weighted by molar-refractivity contribution is 7.93. The molecule has 0 unspecified atom stereocenters. The largest absolute Gasteiger partial charge is 0.352 e. The van der Waals surface area contributed by atoms with Gasteiger partial charge in [-0.3, -0.25) is 13.9 Å². The third-order valence-corrected chi connectivity index (χ3v) is 8.80. The van der Waals surface area contributed by atoms with Gasteiger partial charge in [0.25, 0.3) is 10.0 Å². The number of hydrogen-bond acceptors (Lipinski definition) is 4. The summed E-state index contributed by atoms with van der Waals surface area (Å²) in [6.07, 6.45) is -0.387. The molecule has 2 amide bonds. The Labute approximate surface area is 220 Å². The lowest BCUT2D eigenvalue weighted by molar-refractivity contribution is -0.125. The van der Waals surface area contributed by atoms with E-state index in [4.69, 9.17) is 23.2 Å². The smallest absolute Gasteiger partial charge is 0.265 e. The summed E-state index contributed by atoms with van der Waals surface area (Å²) in [6, 6.07) is 14.3. The van der Waals surface area contributed by atoms with E-state index in [0.717, 1.165) is 15.4 Å². The van der Waals surface area contributed by atoms with Gasteiger partial charge in [-0.25, -0.2) is 8.42 Å². The SMILES string of the molecule is Cc1cc(C)c(S(=O)(=O)N2c3cc(Cl)c(Cl)cc3NC(=O)[C@H]2CC(=O)NCc2ccccc2)c(C)c1. The van der Waals surface area contributed by atoms with Crippen molar-refractivity contribution in [3.8, 4) is 0 Å². The molecule has 10 heteroatoms. The van der Waals surface area contributed by atoms with Gasteiger partial charge in [0.15, 0.2) is 0 Å². The van der Waals surface area contributed by atoms with Crippen molar-refractivity contribution >= 4 is 56.4 Å². The number of hydrogen-bond donors (Lipinski definition) is 2. The number of rotatable bonds is 6. The van der Waals surface area contributed by atoms with Gasteiger partial charge in [0.2, 0.25) is 11.8 Å². The van der Waals surface area contributed by atoms with Crippen LogP contribution in [0.5, 0.6) is 0 Å². The molecule has 1 aliphatic rings. The van der Waals surface area contributed by atoms with Crippen molar-refractivity contribution in [2.24, 2.45) is 0 Å². The number of carbonyl (C=O) groups is 2. The molecule has 0 aromatic heterocycles. The highest BCUT2D eigenvalue weighted by atomic mass is 35.5. The zero-order chi connectivity index (χ0) is 26.2. The lowest BCUT2D eigenvalue weighted by Crippen LogP contribution is -2.53. The maximum absolute atomic E-state index is 14.2. The predicted octanol–water partition coefficient (Wildman–Crippen LogP) is 5.14. The lowest BCUT2D eigenvalue weighted by atomic mass is 10.1.